The third-order valence-corrected chi connectivity index (χ3v) is 4.10. The van der Waals surface area contributed by atoms with Gasteiger partial charge in [0.05, 0.1) is 16.8 Å². The summed E-state index contributed by atoms with van der Waals surface area (Å²) in [6.07, 6.45) is -4.81. The maximum absolute atomic E-state index is 12.9. The van der Waals surface area contributed by atoms with Crippen LogP contribution in [0.1, 0.15) is 25.8 Å². The van der Waals surface area contributed by atoms with E-state index in [0.717, 1.165) is 12.3 Å². The molecule has 1 unspecified atom stereocenters. The highest BCUT2D eigenvalue weighted by molar-refractivity contribution is 6.31. The van der Waals surface area contributed by atoms with E-state index in [1.807, 2.05) is 0 Å². The van der Waals surface area contributed by atoms with Crippen molar-refractivity contribution in [3.8, 4) is 5.88 Å². The molecule has 9 heteroatoms. The molecular formula is C14H16ClF3N2O3. The van der Waals surface area contributed by atoms with Gasteiger partial charge in [0.1, 0.15) is 6.10 Å². The molecule has 1 saturated heterocycles. The van der Waals surface area contributed by atoms with Crippen molar-refractivity contribution in [3.05, 3.63) is 22.8 Å². The molecule has 2 rings (SSSR count). The van der Waals surface area contributed by atoms with Gasteiger partial charge in [0.25, 0.3) is 0 Å². The van der Waals surface area contributed by atoms with Crippen molar-refractivity contribution < 1.29 is 27.8 Å². The first-order chi connectivity index (χ1) is 10.5. The highest BCUT2D eigenvalue weighted by atomic mass is 35.5. The largest absolute Gasteiger partial charge is 0.474 e. The molecule has 1 aromatic rings. The molecule has 1 N–H and O–H groups in total. The number of halogens is 4. The number of rotatable bonds is 2. The van der Waals surface area contributed by atoms with Crippen molar-refractivity contribution in [2.24, 2.45) is 5.41 Å². The molecule has 1 aromatic heterocycles. The number of carboxylic acid groups (broad SMARTS) is 1. The van der Waals surface area contributed by atoms with Crippen LogP contribution in [0, 0.1) is 5.41 Å². The van der Waals surface area contributed by atoms with Gasteiger partial charge in [0, 0.05) is 31.0 Å². The molecule has 2 heterocycles. The van der Waals surface area contributed by atoms with Crippen molar-refractivity contribution in [1.29, 1.82) is 0 Å². The van der Waals surface area contributed by atoms with Gasteiger partial charge >= 0.3 is 12.3 Å². The Kier molecular flexibility index (Phi) is 4.66. The van der Waals surface area contributed by atoms with Gasteiger partial charge in [-0.1, -0.05) is 25.4 Å². The Balaban J connectivity index is 2.18. The molecule has 0 radical (unpaired) electrons. The van der Waals surface area contributed by atoms with Gasteiger partial charge in [-0.25, -0.2) is 9.78 Å². The molecule has 1 amide bonds. The summed E-state index contributed by atoms with van der Waals surface area (Å²) in [6, 6.07) is 0.766. The predicted molar refractivity (Wildman–Crippen MR) is 76.7 cm³/mol. The number of amides is 1. The van der Waals surface area contributed by atoms with Gasteiger partial charge in [-0.2, -0.15) is 13.2 Å². The summed E-state index contributed by atoms with van der Waals surface area (Å²) < 4.78 is 44.2. The van der Waals surface area contributed by atoms with Crippen LogP contribution < -0.4 is 4.74 Å². The Hall–Kier alpha value is -1.70. The molecule has 0 saturated carbocycles. The molecule has 1 fully saturated rings. The summed E-state index contributed by atoms with van der Waals surface area (Å²) in [5.41, 5.74) is -1.57. The van der Waals surface area contributed by atoms with E-state index in [0.29, 0.717) is 6.42 Å². The fourth-order valence-electron chi connectivity index (χ4n) is 2.57. The molecule has 1 aliphatic heterocycles. The van der Waals surface area contributed by atoms with E-state index in [-0.39, 0.29) is 19.0 Å². The molecule has 0 aromatic carbocycles. The van der Waals surface area contributed by atoms with E-state index < -0.39 is 34.4 Å². The van der Waals surface area contributed by atoms with Crippen molar-refractivity contribution in [2.75, 3.05) is 13.1 Å². The van der Waals surface area contributed by atoms with Crippen LogP contribution in [0.25, 0.3) is 0 Å². The van der Waals surface area contributed by atoms with Gasteiger partial charge in [0.15, 0.2) is 0 Å². The van der Waals surface area contributed by atoms with E-state index in [2.05, 4.69) is 4.98 Å². The van der Waals surface area contributed by atoms with Gasteiger partial charge in [-0.3, -0.25) is 0 Å². The van der Waals surface area contributed by atoms with Crippen LogP contribution in [0.15, 0.2) is 12.3 Å². The van der Waals surface area contributed by atoms with Crippen LogP contribution in [0.5, 0.6) is 5.88 Å². The second kappa shape index (κ2) is 6.07. The van der Waals surface area contributed by atoms with E-state index in [1.165, 1.54) is 4.90 Å². The Labute approximate surface area is 136 Å². The van der Waals surface area contributed by atoms with Gasteiger partial charge < -0.3 is 14.7 Å². The molecule has 0 spiro atoms. The molecule has 0 bridgehead atoms. The first kappa shape index (κ1) is 17.7. The maximum Gasteiger partial charge on any atom is 0.418 e. The number of nitrogens with zero attached hydrogens (tertiary/aromatic N) is 2. The third kappa shape index (κ3) is 3.99. The number of pyridine rings is 1. The van der Waals surface area contributed by atoms with Crippen LogP contribution in [0.4, 0.5) is 18.0 Å². The summed E-state index contributed by atoms with van der Waals surface area (Å²) in [4.78, 5) is 16.1. The van der Waals surface area contributed by atoms with Crippen molar-refractivity contribution in [2.45, 2.75) is 32.5 Å². The maximum atomic E-state index is 12.9. The number of alkyl halides is 3. The van der Waals surface area contributed by atoms with E-state index in [1.54, 1.807) is 13.8 Å². The summed E-state index contributed by atoms with van der Waals surface area (Å²) in [6.45, 7) is 4.08. The van der Waals surface area contributed by atoms with E-state index in [9.17, 15) is 18.0 Å². The number of piperidine rings is 1. The second-order valence-electron chi connectivity index (χ2n) is 6.09. The molecule has 5 nitrogen and oxygen atoms in total. The topological polar surface area (TPSA) is 62.7 Å². The zero-order valence-corrected chi connectivity index (χ0v) is 13.3. The minimum Gasteiger partial charge on any atom is -0.474 e. The first-order valence-corrected chi connectivity index (χ1v) is 7.26. The smallest absolute Gasteiger partial charge is 0.418 e. The van der Waals surface area contributed by atoms with Crippen molar-refractivity contribution in [3.63, 3.8) is 0 Å². The van der Waals surface area contributed by atoms with Crippen LogP contribution in [-0.2, 0) is 6.18 Å². The van der Waals surface area contributed by atoms with Crippen LogP contribution in [-0.4, -0.2) is 40.3 Å². The molecule has 1 atom stereocenters. The van der Waals surface area contributed by atoms with Crippen LogP contribution in [0.2, 0.25) is 5.02 Å². The first-order valence-electron chi connectivity index (χ1n) is 6.88. The number of hydrogen-bond acceptors (Lipinski definition) is 3. The summed E-state index contributed by atoms with van der Waals surface area (Å²) >= 11 is 5.52. The highest BCUT2D eigenvalue weighted by Gasteiger charge is 2.40. The second-order valence-corrected chi connectivity index (χ2v) is 6.50. The Morgan fingerprint density at radius 3 is 2.70 bits per heavy atom. The van der Waals surface area contributed by atoms with Crippen molar-refractivity contribution >= 4 is 17.7 Å². The number of hydrogen-bond donors (Lipinski definition) is 1. The average molecular weight is 353 g/mol. The lowest BCUT2D eigenvalue weighted by Gasteiger charge is -2.42. The zero-order valence-electron chi connectivity index (χ0n) is 12.5. The summed E-state index contributed by atoms with van der Waals surface area (Å²) in [5, 5.41) is 8.54. The van der Waals surface area contributed by atoms with Gasteiger partial charge in [-0.15, -0.1) is 0 Å². The van der Waals surface area contributed by atoms with Gasteiger partial charge in [-0.05, 0) is 0 Å². The summed E-state index contributed by atoms with van der Waals surface area (Å²) in [7, 11) is 0. The van der Waals surface area contributed by atoms with Crippen molar-refractivity contribution in [1.82, 2.24) is 9.88 Å². The van der Waals surface area contributed by atoms with Gasteiger partial charge in [0.2, 0.25) is 5.88 Å². The number of ether oxygens (including phenoxy) is 1. The van der Waals surface area contributed by atoms with Crippen LogP contribution in [0.3, 0.4) is 0 Å². The predicted octanol–water partition coefficient (Wildman–Crippen LogP) is 3.91. The molecule has 1 aliphatic rings. The monoisotopic (exact) mass is 352 g/mol. The fraction of sp³-hybridized carbons (Fsp3) is 0.571. The molecule has 23 heavy (non-hydrogen) atoms. The number of carbonyl (C=O) groups is 1. The fourth-order valence-corrected chi connectivity index (χ4v) is 2.78. The standard InChI is InChI=1S/C14H16ClF3N2O3/c1-13(2)7-20(12(21)22)4-3-10(13)23-11-5-8(14(16,17)18)9(15)6-19-11/h5-6,10H,3-4,7H2,1-2H3,(H,21,22). The number of aromatic nitrogens is 1. The molecule has 0 aliphatic carbocycles. The molecular weight excluding hydrogens is 337 g/mol. The molecule has 128 valence electrons. The normalized spacial score (nSPS) is 21.1. The minimum absolute atomic E-state index is 0.177. The average Bonchev–Trinajstić information content (AvgIpc) is 2.41. The lowest BCUT2D eigenvalue weighted by molar-refractivity contribution is -0.137. The number of likely N-dealkylation sites (tertiary alicyclic amines) is 1. The zero-order chi connectivity index (χ0) is 17.4. The summed E-state index contributed by atoms with van der Waals surface area (Å²) in [5.74, 6) is -0.177. The van der Waals surface area contributed by atoms with Crippen LogP contribution >= 0.6 is 11.6 Å². The van der Waals surface area contributed by atoms with E-state index >= 15 is 0 Å². The Morgan fingerprint density at radius 1 is 1.52 bits per heavy atom. The Bertz CT molecular complexity index is 607. The Morgan fingerprint density at radius 2 is 2.17 bits per heavy atom. The SMILES string of the molecule is CC1(C)CN(C(=O)O)CCC1Oc1cc(C(F)(F)F)c(Cl)cn1. The highest BCUT2D eigenvalue weighted by Crippen LogP contribution is 2.37. The quantitative estimate of drug-likeness (QED) is 0.876. The van der Waals surface area contributed by atoms with E-state index in [4.69, 9.17) is 21.4 Å². The lowest BCUT2D eigenvalue weighted by Crippen LogP contribution is -2.52. The third-order valence-electron chi connectivity index (χ3n) is 3.80. The minimum atomic E-state index is -4.60. The lowest BCUT2D eigenvalue weighted by atomic mass is 9.81.